The maximum absolute atomic E-state index is 12.7. The van der Waals surface area contributed by atoms with Crippen molar-refractivity contribution in [3.63, 3.8) is 0 Å². The number of carbonyl (C=O) groups is 1. The van der Waals surface area contributed by atoms with Crippen molar-refractivity contribution in [2.24, 2.45) is 0 Å². The Morgan fingerprint density at radius 2 is 1.50 bits per heavy atom. The lowest BCUT2D eigenvalue weighted by Gasteiger charge is -2.26. The van der Waals surface area contributed by atoms with Crippen LogP contribution in [0.4, 0.5) is 11.5 Å². The summed E-state index contributed by atoms with van der Waals surface area (Å²) in [6, 6.07) is 22.4. The summed E-state index contributed by atoms with van der Waals surface area (Å²) in [5.74, 6) is 0.962. The maximum Gasteiger partial charge on any atom is 0.253 e. The average Bonchev–Trinajstić information content (AvgIpc) is 2.85. The normalized spacial score (nSPS) is 13.8. The molecule has 0 atom stereocenters. The van der Waals surface area contributed by atoms with E-state index in [1.165, 1.54) is 6.42 Å². The molecule has 2 N–H and O–H groups in total. The van der Waals surface area contributed by atoms with E-state index in [9.17, 15) is 9.90 Å². The van der Waals surface area contributed by atoms with E-state index >= 15 is 0 Å². The standard InChI is InChI=1S/C26H24N4O2/c31-21-14-10-18(11-15-21)24-22-6-2-3-7-23(22)25(29-28-24)27-20-12-8-19(9-13-20)26(32)30-16-4-1-5-17-30/h2-3,6-15,31H,1,4-5,16-17H2,(H,27,29). The maximum atomic E-state index is 12.7. The molecular weight excluding hydrogens is 400 g/mol. The van der Waals surface area contributed by atoms with Crippen LogP contribution in [0.15, 0.2) is 72.8 Å². The van der Waals surface area contributed by atoms with Crippen LogP contribution >= 0.6 is 0 Å². The van der Waals surface area contributed by atoms with Gasteiger partial charge in [-0.2, -0.15) is 0 Å². The molecule has 3 aromatic carbocycles. The zero-order valence-electron chi connectivity index (χ0n) is 17.7. The van der Waals surface area contributed by atoms with Crippen molar-refractivity contribution in [2.75, 3.05) is 18.4 Å². The Hall–Kier alpha value is -3.93. The van der Waals surface area contributed by atoms with Crippen LogP contribution in [0.1, 0.15) is 29.6 Å². The molecule has 160 valence electrons. The number of anilines is 2. The van der Waals surface area contributed by atoms with E-state index < -0.39 is 0 Å². The van der Waals surface area contributed by atoms with Gasteiger partial charge in [0.15, 0.2) is 5.82 Å². The summed E-state index contributed by atoms with van der Waals surface area (Å²) in [6.07, 6.45) is 3.36. The molecular formula is C26H24N4O2. The Bertz CT molecular complexity index is 1250. The van der Waals surface area contributed by atoms with Gasteiger partial charge in [0.1, 0.15) is 11.4 Å². The zero-order chi connectivity index (χ0) is 21.9. The molecule has 0 radical (unpaired) electrons. The highest BCUT2D eigenvalue weighted by molar-refractivity contribution is 6.01. The number of likely N-dealkylation sites (tertiary alicyclic amines) is 1. The minimum absolute atomic E-state index is 0.0970. The van der Waals surface area contributed by atoms with Crippen LogP contribution in [-0.4, -0.2) is 39.2 Å². The number of carbonyl (C=O) groups excluding carboxylic acids is 1. The minimum Gasteiger partial charge on any atom is -0.508 e. The topological polar surface area (TPSA) is 78.3 Å². The fourth-order valence-corrected chi connectivity index (χ4v) is 4.14. The van der Waals surface area contributed by atoms with E-state index in [4.69, 9.17) is 0 Å². The molecule has 1 aliphatic rings. The van der Waals surface area contributed by atoms with Gasteiger partial charge in [-0.25, -0.2) is 0 Å². The number of phenolic OH excluding ortho intramolecular Hbond substituents is 1. The van der Waals surface area contributed by atoms with Crippen LogP contribution in [0.2, 0.25) is 0 Å². The third-order valence-corrected chi connectivity index (χ3v) is 5.87. The number of aromatic hydroxyl groups is 1. The molecule has 1 fully saturated rings. The van der Waals surface area contributed by atoms with Gasteiger partial charge in [0.25, 0.3) is 5.91 Å². The van der Waals surface area contributed by atoms with Gasteiger partial charge in [-0.15, -0.1) is 10.2 Å². The molecule has 0 unspecified atom stereocenters. The Labute approximate surface area is 186 Å². The van der Waals surface area contributed by atoms with Gasteiger partial charge in [-0.1, -0.05) is 24.3 Å². The predicted octanol–water partition coefficient (Wildman–Crippen LogP) is 5.37. The van der Waals surface area contributed by atoms with E-state index in [0.29, 0.717) is 11.4 Å². The molecule has 32 heavy (non-hydrogen) atoms. The van der Waals surface area contributed by atoms with Crippen molar-refractivity contribution in [1.82, 2.24) is 15.1 Å². The summed E-state index contributed by atoms with van der Waals surface area (Å²) in [4.78, 5) is 14.6. The summed E-state index contributed by atoms with van der Waals surface area (Å²) < 4.78 is 0. The van der Waals surface area contributed by atoms with Crippen molar-refractivity contribution < 1.29 is 9.90 Å². The second-order valence-corrected chi connectivity index (χ2v) is 8.04. The van der Waals surface area contributed by atoms with Crippen LogP contribution in [0, 0.1) is 0 Å². The molecule has 6 heteroatoms. The molecule has 1 aliphatic heterocycles. The van der Waals surface area contributed by atoms with E-state index in [1.54, 1.807) is 12.1 Å². The van der Waals surface area contributed by atoms with Gasteiger partial charge < -0.3 is 15.3 Å². The second-order valence-electron chi connectivity index (χ2n) is 8.04. The van der Waals surface area contributed by atoms with Gasteiger partial charge in [-0.3, -0.25) is 4.79 Å². The van der Waals surface area contributed by atoms with Gasteiger partial charge in [0.05, 0.1) is 0 Å². The fourth-order valence-electron chi connectivity index (χ4n) is 4.14. The first-order chi connectivity index (χ1) is 15.7. The highest BCUT2D eigenvalue weighted by Crippen LogP contribution is 2.31. The highest BCUT2D eigenvalue weighted by Gasteiger charge is 2.18. The Kier molecular flexibility index (Phi) is 5.42. The first-order valence-electron chi connectivity index (χ1n) is 10.9. The number of nitrogens with zero attached hydrogens (tertiary/aromatic N) is 3. The number of nitrogens with one attached hydrogen (secondary N) is 1. The lowest BCUT2D eigenvalue weighted by molar-refractivity contribution is 0.0724. The molecule has 1 amide bonds. The number of aromatic nitrogens is 2. The Morgan fingerprint density at radius 1 is 0.812 bits per heavy atom. The first-order valence-corrected chi connectivity index (χ1v) is 10.9. The van der Waals surface area contributed by atoms with Crippen LogP contribution in [0.5, 0.6) is 5.75 Å². The number of rotatable bonds is 4. The van der Waals surface area contributed by atoms with E-state index in [0.717, 1.165) is 53.6 Å². The summed E-state index contributed by atoms with van der Waals surface area (Å²) in [5, 5.41) is 23.7. The molecule has 6 nitrogen and oxygen atoms in total. The van der Waals surface area contributed by atoms with Crippen molar-refractivity contribution >= 4 is 28.2 Å². The van der Waals surface area contributed by atoms with E-state index in [-0.39, 0.29) is 11.7 Å². The molecule has 1 aromatic heterocycles. The van der Waals surface area contributed by atoms with Crippen LogP contribution in [0.3, 0.4) is 0 Å². The summed E-state index contributed by atoms with van der Waals surface area (Å²) >= 11 is 0. The number of fused-ring (bicyclic) bond motifs is 1. The molecule has 5 rings (SSSR count). The molecule has 2 heterocycles. The van der Waals surface area contributed by atoms with Gasteiger partial charge >= 0.3 is 0 Å². The largest absolute Gasteiger partial charge is 0.508 e. The molecule has 0 aliphatic carbocycles. The number of hydrogen-bond acceptors (Lipinski definition) is 5. The molecule has 4 aromatic rings. The molecule has 0 spiro atoms. The van der Waals surface area contributed by atoms with Crippen molar-refractivity contribution in [3.8, 4) is 17.0 Å². The SMILES string of the molecule is O=C(c1ccc(Nc2nnc(-c3ccc(O)cc3)c3ccccc23)cc1)N1CCCCC1. The lowest BCUT2D eigenvalue weighted by Crippen LogP contribution is -2.35. The number of benzene rings is 3. The van der Waals surface area contributed by atoms with Gasteiger partial charge in [-0.05, 0) is 67.8 Å². The fraction of sp³-hybridized carbons (Fsp3) is 0.192. The van der Waals surface area contributed by atoms with Crippen LogP contribution in [0.25, 0.3) is 22.0 Å². The van der Waals surface area contributed by atoms with Crippen LogP contribution in [-0.2, 0) is 0 Å². The van der Waals surface area contributed by atoms with Crippen molar-refractivity contribution in [1.29, 1.82) is 0 Å². The van der Waals surface area contributed by atoms with Gasteiger partial charge in [0.2, 0.25) is 0 Å². The average molecular weight is 425 g/mol. The summed E-state index contributed by atoms with van der Waals surface area (Å²) in [6.45, 7) is 1.68. The monoisotopic (exact) mass is 424 g/mol. The highest BCUT2D eigenvalue weighted by atomic mass is 16.3. The van der Waals surface area contributed by atoms with E-state index in [1.807, 2.05) is 65.6 Å². The van der Waals surface area contributed by atoms with Crippen LogP contribution < -0.4 is 5.32 Å². The summed E-state index contributed by atoms with van der Waals surface area (Å²) in [7, 11) is 0. The second kappa shape index (κ2) is 8.67. The number of hydrogen-bond donors (Lipinski definition) is 2. The predicted molar refractivity (Wildman–Crippen MR) is 126 cm³/mol. The van der Waals surface area contributed by atoms with Gasteiger partial charge in [0, 0.05) is 40.7 Å². The van der Waals surface area contributed by atoms with Crippen molar-refractivity contribution in [2.45, 2.75) is 19.3 Å². The number of piperidine rings is 1. The van der Waals surface area contributed by atoms with E-state index in [2.05, 4.69) is 15.5 Å². The lowest BCUT2D eigenvalue weighted by atomic mass is 10.0. The number of phenols is 1. The Balaban J connectivity index is 1.41. The third kappa shape index (κ3) is 3.99. The first kappa shape index (κ1) is 20.0. The smallest absolute Gasteiger partial charge is 0.253 e. The van der Waals surface area contributed by atoms with Crippen molar-refractivity contribution in [3.05, 3.63) is 78.4 Å². The minimum atomic E-state index is 0.0970. The quantitative estimate of drug-likeness (QED) is 0.460. The Morgan fingerprint density at radius 3 is 2.22 bits per heavy atom. The zero-order valence-corrected chi connectivity index (χ0v) is 17.7. The molecule has 0 saturated carbocycles. The summed E-state index contributed by atoms with van der Waals surface area (Å²) in [5.41, 5.74) is 3.19. The third-order valence-electron chi connectivity index (χ3n) is 5.87. The molecule has 1 saturated heterocycles. The molecule has 0 bridgehead atoms. The number of amides is 1.